The SMILES string of the molecule is COc1cc(-c2n[nH]c(=S)n2-c2ccc(F)c(Cl)c2)cc(OC)c1OC. The normalized spacial score (nSPS) is 10.7. The molecular formula is C17H15ClFN3O3S. The summed E-state index contributed by atoms with van der Waals surface area (Å²) in [6.45, 7) is 0. The van der Waals surface area contributed by atoms with E-state index in [1.165, 1.54) is 33.5 Å². The molecule has 0 spiro atoms. The third-order valence-electron chi connectivity index (χ3n) is 3.76. The monoisotopic (exact) mass is 395 g/mol. The van der Waals surface area contributed by atoms with Crippen LogP contribution in [-0.4, -0.2) is 36.1 Å². The van der Waals surface area contributed by atoms with Crippen LogP contribution >= 0.6 is 23.8 Å². The molecule has 9 heteroatoms. The van der Waals surface area contributed by atoms with Crippen LogP contribution in [0.4, 0.5) is 4.39 Å². The van der Waals surface area contributed by atoms with Gasteiger partial charge in [0.15, 0.2) is 22.1 Å². The molecule has 0 unspecified atom stereocenters. The number of H-pyrrole nitrogens is 1. The van der Waals surface area contributed by atoms with Crippen molar-refractivity contribution in [3.63, 3.8) is 0 Å². The lowest BCUT2D eigenvalue weighted by atomic mass is 10.1. The van der Waals surface area contributed by atoms with Crippen molar-refractivity contribution >= 4 is 23.8 Å². The number of halogens is 2. The second-order valence-electron chi connectivity index (χ2n) is 5.20. The van der Waals surface area contributed by atoms with Gasteiger partial charge in [0.05, 0.1) is 32.0 Å². The highest BCUT2D eigenvalue weighted by atomic mass is 35.5. The lowest BCUT2D eigenvalue weighted by molar-refractivity contribution is 0.324. The molecule has 0 radical (unpaired) electrons. The minimum Gasteiger partial charge on any atom is -0.493 e. The Morgan fingerprint density at radius 3 is 2.27 bits per heavy atom. The summed E-state index contributed by atoms with van der Waals surface area (Å²) in [7, 11) is 4.58. The van der Waals surface area contributed by atoms with Crippen molar-refractivity contribution in [2.24, 2.45) is 0 Å². The highest BCUT2D eigenvalue weighted by Gasteiger charge is 2.18. The first kappa shape index (κ1) is 18.2. The zero-order valence-electron chi connectivity index (χ0n) is 14.2. The molecular weight excluding hydrogens is 381 g/mol. The number of hydrogen-bond acceptors (Lipinski definition) is 5. The van der Waals surface area contributed by atoms with E-state index in [0.717, 1.165) is 0 Å². The van der Waals surface area contributed by atoms with Crippen molar-refractivity contribution in [3.05, 3.63) is 45.9 Å². The number of benzene rings is 2. The molecule has 0 aliphatic heterocycles. The van der Waals surface area contributed by atoms with Gasteiger partial charge in [0.1, 0.15) is 5.82 Å². The maximum absolute atomic E-state index is 13.5. The molecule has 26 heavy (non-hydrogen) atoms. The number of aromatic amines is 1. The first-order chi connectivity index (χ1) is 12.5. The first-order valence-electron chi connectivity index (χ1n) is 7.43. The van der Waals surface area contributed by atoms with Gasteiger partial charge in [-0.05, 0) is 42.5 Å². The molecule has 0 aliphatic rings. The summed E-state index contributed by atoms with van der Waals surface area (Å²) in [5.74, 6) is 1.37. The van der Waals surface area contributed by atoms with Gasteiger partial charge < -0.3 is 14.2 Å². The smallest absolute Gasteiger partial charge is 0.203 e. The second kappa shape index (κ2) is 7.35. The van der Waals surface area contributed by atoms with E-state index in [0.29, 0.717) is 39.1 Å². The molecule has 136 valence electrons. The largest absolute Gasteiger partial charge is 0.493 e. The van der Waals surface area contributed by atoms with Gasteiger partial charge in [-0.25, -0.2) is 4.39 Å². The summed E-state index contributed by atoms with van der Waals surface area (Å²) >= 11 is 11.2. The zero-order chi connectivity index (χ0) is 18.8. The van der Waals surface area contributed by atoms with Crippen LogP contribution in [0.15, 0.2) is 30.3 Å². The fourth-order valence-corrected chi connectivity index (χ4v) is 2.98. The Labute approximate surface area is 159 Å². The molecule has 0 atom stereocenters. The Morgan fingerprint density at radius 1 is 1.08 bits per heavy atom. The Morgan fingerprint density at radius 2 is 1.73 bits per heavy atom. The number of aromatic nitrogens is 3. The van der Waals surface area contributed by atoms with Gasteiger partial charge in [-0.3, -0.25) is 9.67 Å². The summed E-state index contributed by atoms with van der Waals surface area (Å²) in [5, 5.41) is 7.00. The quantitative estimate of drug-likeness (QED) is 0.648. The van der Waals surface area contributed by atoms with Crippen LogP contribution in [0.25, 0.3) is 17.1 Å². The van der Waals surface area contributed by atoms with Gasteiger partial charge in [0.25, 0.3) is 0 Å². The molecule has 1 heterocycles. The maximum atomic E-state index is 13.5. The molecule has 6 nitrogen and oxygen atoms in total. The minimum absolute atomic E-state index is 0.0126. The summed E-state index contributed by atoms with van der Waals surface area (Å²) in [6.07, 6.45) is 0. The van der Waals surface area contributed by atoms with E-state index in [2.05, 4.69) is 10.2 Å². The van der Waals surface area contributed by atoms with Crippen LogP contribution in [0.3, 0.4) is 0 Å². The van der Waals surface area contributed by atoms with Crippen LogP contribution in [0.1, 0.15) is 0 Å². The lowest BCUT2D eigenvalue weighted by Crippen LogP contribution is -2.00. The summed E-state index contributed by atoms with van der Waals surface area (Å²) < 4.78 is 31.6. The number of nitrogens with one attached hydrogen (secondary N) is 1. The van der Waals surface area contributed by atoms with Crippen molar-refractivity contribution in [1.82, 2.24) is 14.8 Å². The average Bonchev–Trinajstić information content (AvgIpc) is 3.04. The van der Waals surface area contributed by atoms with E-state index in [4.69, 9.17) is 38.0 Å². The Bertz CT molecular complexity index is 994. The molecule has 1 aromatic heterocycles. The molecule has 0 fully saturated rings. The Balaban J connectivity index is 2.23. The molecule has 3 rings (SSSR count). The number of ether oxygens (including phenoxy) is 3. The number of rotatable bonds is 5. The van der Waals surface area contributed by atoms with Crippen molar-refractivity contribution in [1.29, 1.82) is 0 Å². The van der Waals surface area contributed by atoms with Crippen LogP contribution in [0.5, 0.6) is 17.2 Å². The van der Waals surface area contributed by atoms with Crippen molar-refractivity contribution in [2.45, 2.75) is 0 Å². The molecule has 1 N–H and O–H groups in total. The van der Waals surface area contributed by atoms with Gasteiger partial charge in [-0.2, -0.15) is 5.10 Å². The van der Waals surface area contributed by atoms with Gasteiger partial charge in [0, 0.05) is 5.56 Å². The predicted octanol–water partition coefficient (Wildman–Crippen LogP) is 4.42. The van der Waals surface area contributed by atoms with E-state index in [-0.39, 0.29) is 5.02 Å². The van der Waals surface area contributed by atoms with Crippen molar-refractivity contribution < 1.29 is 18.6 Å². The number of nitrogens with zero attached hydrogens (tertiary/aromatic N) is 2. The van der Waals surface area contributed by atoms with Gasteiger partial charge >= 0.3 is 0 Å². The summed E-state index contributed by atoms with van der Waals surface area (Å²) in [4.78, 5) is 0. The zero-order valence-corrected chi connectivity index (χ0v) is 15.7. The molecule has 3 aromatic rings. The minimum atomic E-state index is -0.514. The first-order valence-corrected chi connectivity index (χ1v) is 8.22. The topological polar surface area (TPSA) is 61.3 Å². The molecule has 2 aromatic carbocycles. The number of methoxy groups -OCH3 is 3. The third-order valence-corrected chi connectivity index (χ3v) is 4.32. The van der Waals surface area contributed by atoms with E-state index < -0.39 is 5.82 Å². The third kappa shape index (κ3) is 3.13. The average molecular weight is 396 g/mol. The Hall–Kier alpha value is -2.58. The van der Waals surface area contributed by atoms with Crippen molar-refractivity contribution in [3.8, 4) is 34.3 Å². The molecule has 0 saturated carbocycles. The van der Waals surface area contributed by atoms with Crippen LogP contribution < -0.4 is 14.2 Å². The molecule has 0 amide bonds. The summed E-state index contributed by atoms with van der Waals surface area (Å²) in [6, 6.07) is 7.80. The van der Waals surface area contributed by atoms with E-state index in [9.17, 15) is 4.39 Å². The standard InChI is InChI=1S/C17H15ClFN3O3S/c1-23-13-6-9(7-14(24-2)15(13)25-3)16-20-21-17(26)22(16)10-4-5-12(19)11(18)8-10/h4-8H,1-3H3,(H,21,26). The van der Waals surface area contributed by atoms with Gasteiger partial charge in [-0.15, -0.1) is 0 Å². The van der Waals surface area contributed by atoms with Crippen LogP contribution in [0.2, 0.25) is 5.02 Å². The predicted molar refractivity (Wildman–Crippen MR) is 98.8 cm³/mol. The lowest BCUT2D eigenvalue weighted by Gasteiger charge is -2.14. The van der Waals surface area contributed by atoms with Gasteiger partial charge in [0.2, 0.25) is 5.75 Å². The van der Waals surface area contributed by atoms with E-state index in [1.54, 1.807) is 22.8 Å². The molecule has 0 bridgehead atoms. The van der Waals surface area contributed by atoms with E-state index >= 15 is 0 Å². The highest BCUT2D eigenvalue weighted by molar-refractivity contribution is 7.71. The van der Waals surface area contributed by atoms with E-state index in [1.807, 2.05) is 0 Å². The van der Waals surface area contributed by atoms with Crippen LogP contribution in [-0.2, 0) is 0 Å². The summed E-state index contributed by atoms with van der Waals surface area (Å²) in [5.41, 5.74) is 1.23. The fraction of sp³-hybridized carbons (Fsp3) is 0.176. The fourth-order valence-electron chi connectivity index (χ4n) is 2.56. The maximum Gasteiger partial charge on any atom is 0.203 e. The highest BCUT2D eigenvalue weighted by Crippen LogP contribution is 2.41. The molecule has 0 saturated heterocycles. The van der Waals surface area contributed by atoms with Gasteiger partial charge in [-0.1, -0.05) is 11.6 Å². The number of hydrogen-bond donors (Lipinski definition) is 1. The Kier molecular flexibility index (Phi) is 5.15. The van der Waals surface area contributed by atoms with Crippen LogP contribution in [0, 0.1) is 10.6 Å². The molecule has 0 aliphatic carbocycles. The van der Waals surface area contributed by atoms with Crippen molar-refractivity contribution in [2.75, 3.05) is 21.3 Å². The second-order valence-corrected chi connectivity index (χ2v) is 5.99.